The number of ether oxygens (including phenoxy) is 7. The van der Waals surface area contributed by atoms with Crippen LogP contribution in [0.15, 0.2) is 0 Å². The third-order valence-corrected chi connectivity index (χ3v) is 15.2. The summed E-state index contributed by atoms with van der Waals surface area (Å²) < 4.78 is 39.3. The number of amides is 4. The highest BCUT2D eigenvalue weighted by Crippen LogP contribution is 2.29. The minimum atomic E-state index is -1.38. The molecule has 3 fully saturated rings. The summed E-state index contributed by atoms with van der Waals surface area (Å²) in [6, 6.07) is -1.38. The number of Topliss-reactive ketones (excluding diaryl/α,β-unsaturated/α-hetero) is 4. The third-order valence-electron chi connectivity index (χ3n) is 15.2. The molecule has 0 aromatic carbocycles. The van der Waals surface area contributed by atoms with Gasteiger partial charge < -0.3 is 100 Å². The molecule has 3 rings (SSSR count). The first-order chi connectivity index (χ1) is 40.9. The van der Waals surface area contributed by atoms with E-state index in [2.05, 4.69) is 21.3 Å². The van der Waals surface area contributed by atoms with E-state index in [1.807, 2.05) is 13.8 Å². The fraction of sp³-hybridized carbons (Fsp3) is 0.862. The lowest BCUT2D eigenvalue weighted by atomic mass is 9.92. The van der Waals surface area contributed by atoms with Crippen LogP contribution >= 0.6 is 0 Å². The first-order valence-electron chi connectivity index (χ1n) is 30.1. The molecular formula is C58H103N5O24. The standard InChI is InChI=1S/C57H99N5O24.CH4/c1-33(2)80-23-7-13-37(66)11-6-12-38(67)14-17-41(54(79)61-27-47(72)60-22-10-26-83-57-36(5)50(75)53(78)44(32-65)86-57)62(28-39(68)15-18-45(70)58-20-8-24-81-55-34(3)48(73)51(76)42(30-63)84-55)29-40(69)16-19-46(71)59-21-9-25-82-56-35(4)49(74)52(77)43(31-64)85-56;/h33-36,41-44,48-53,55-57,63-65,73-78H,6-32H2,1-5H3,(H,58,70)(H,59,71)(H,60,72)(H,61,79);1H4/t34?,35?,36?,41?,42?,43?,44?,48-,49-,50-,51+,52+,53+,55-,56-,57-;/m1./s1. The predicted octanol–water partition coefficient (Wildman–Crippen LogP) is -2.80. The van der Waals surface area contributed by atoms with Crippen LogP contribution in [0.5, 0.6) is 0 Å². The van der Waals surface area contributed by atoms with Crippen molar-refractivity contribution in [2.75, 3.05) is 85.5 Å². The number of hydrogen-bond acceptors (Lipinski definition) is 25. The van der Waals surface area contributed by atoms with Crippen molar-refractivity contribution in [1.82, 2.24) is 26.2 Å². The second-order valence-corrected chi connectivity index (χ2v) is 22.6. The second kappa shape index (κ2) is 42.8. The fourth-order valence-electron chi connectivity index (χ4n) is 9.75. The van der Waals surface area contributed by atoms with E-state index < -0.39 is 172 Å². The van der Waals surface area contributed by atoms with E-state index in [4.69, 9.17) is 33.2 Å². The first kappa shape index (κ1) is 79.0. The van der Waals surface area contributed by atoms with Crippen molar-refractivity contribution < 1.29 is 117 Å². The van der Waals surface area contributed by atoms with Crippen LogP contribution in [0, 0.1) is 17.8 Å². The zero-order valence-electron chi connectivity index (χ0n) is 50.5. The van der Waals surface area contributed by atoms with Gasteiger partial charge in [0.15, 0.2) is 18.9 Å². The zero-order valence-corrected chi connectivity index (χ0v) is 50.5. The minimum Gasteiger partial charge on any atom is -0.394 e. The lowest BCUT2D eigenvalue weighted by Crippen LogP contribution is -2.55. The van der Waals surface area contributed by atoms with Gasteiger partial charge in [0.1, 0.15) is 59.8 Å². The molecule has 29 nitrogen and oxygen atoms in total. The number of aliphatic hydroxyl groups is 9. The Bertz CT molecular complexity index is 1980. The van der Waals surface area contributed by atoms with Crippen LogP contribution in [0.2, 0.25) is 0 Å². The Kier molecular flexibility index (Phi) is 38.8. The summed E-state index contributed by atoms with van der Waals surface area (Å²) in [5.74, 6) is -5.89. The zero-order chi connectivity index (χ0) is 63.9. The van der Waals surface area contributed by atoms with Gasteiger partial charge in [-0.05, 0) is 52.4 Å². The molecule has 3 saturated heterocycles. The van der Waals surface area contributed by atoms with Gasteiger partial charge in [-0.1, -0.05) is 28.2 Å². The van der Waals surface area contributed by atoms with Gasteiger partial charge in [0.05, 0.1) is 89.7 Å². The van der Waals surface area contributed by atoms with E-state index in [-0.39, 0.29) is 148 Å². The summed E-state index contributed by atoms with van der Waals surface area (Å²) >= 11 is 0. The number of aliphatic hydroxyl groups excluding tert-OH is 9. The maximum atomic E-state index is 14.2. The number of carbonyl (C=O) groups is 8. The van der Waals surface area contributed by atoms with Crippen molar-refractivity contribution in [3.05, 3.63) is 0 Å². The lowest BCUT2D eigenvalue weighted by molar-refractivity contribution is -0.282. The smallest absolute Gasteiger partial charge is 0.239 e. The molecule has 3 aliphatic rings. The van der Waals surface area contributed by atoms with Gasteiger partial charge in [-0.2, -0.15) is 0 Å². The molecule has 13 N–H and O–H groups in total. The van der Waals surface area contributed by atoms with Crippen LogP contribution in [-0.2, 0) is 71.5 Å². The molecular weight excluding hydrogens is 1150 g/mol. The molecule has 0 aromatic rings. The monoisotopic (exact) mass is 1250 g/mol. The molecule has 3 heterocycles. The van der Waals surface area contributed by atoms with Crippen LogP contribution in [0.25, 0.3) is 0 Å². The summed E-state index contributed by atoms with van der Waals surface area (Å²) in [6.45, 7) is 6.09. The van der Waals surface area contributed by atoms with Gasteiger partial charge in [-0.15, -0.1) is 0 Å². The van der Waals surface area contributed by atoms with Crippen molar-refractivity contribution in [2.24, 2.45) is 17.8 Å². The van der Waals surface area contributed by atoms with Crippen LogP contribution in [0.3, 0.4) is 0 Å². The number of hydrogen-bond donors (Lipinski definition) is 13. The first-order valence-corrected chi connectivity index (χ1v) is 30.1. The van der Waals surface area contributed by atoms with Crippen molar-refractivity contribution >= 4 is 46.8 Å². The van der Waals surface area contributed by atoms with Gasteiger partial charge in [-0.25, -0.2) is 0 Å². The Hall–Kier alpha value is -4.12. The highest BCUT2D eigenvalue weighted by atomic mass is 16.7. The fourth-order valence-corrected chi connectivity index (χ4v) is 9.75. The topological polar surface area (TPSA) is 435 Å². The molecule has 0 bridgehead atoms. The van der Waals surface area contributed by atoms with Crippen LogP contribution < -0.4 is 21.3 Å². The van der Waals surface area contributed by atoms with Crippen LogP contribution in [-0.4, -0.2) is 269 Å². The van der Waals surface area contributed by atoms with Crippen molar-refractivity contribution in [3.63, 3.8) is 0 Å². The summed E-state index contributed by atoms with van der Waals surface area (Å²) in [5.41, 5.74) is 0. The summed E-state index contributed by atoms with van der Waals surface area (Å²) in [7, 11) is 0. The minimum absolute atomic E-state index is 0. The maximum Gasteiger partial charge on any atom is 0.239 e. The largest absolute Gasteiger partial charge is 0.394 e. The Morgan fingerprint density at radius 3 is 1.20 bits per heavy atom. The highest BCUT2D eigenvalue weighted by molar-refractivity contribution is 5.92. The van der Waals surface area contributed by atoms with Crippen LogP contribution in [0.1, 0.15) is 132 Å². The SMILES string of the molecule is C.CC(C)OCCCC(=O)CCCC(=O)CCC(C(=O)NCC(=O)NCCCO[C@@H]1OC(CO)[C@H](O)[C@H](O)C1C)N(CC(=O)CCC(=O)NCCCO[C@@H]1OC(CO)[C@H](O)[C@H](O)C1C)CC(=O)CCC(=O)NCCCO[C@@H]1OC(CO)[C@H](O)[C@H](O)C1C. The van der Waals surface area contributed by atoms with Gasteiger partial charge in [0, 0.05) is 95.4 Å². The molecule has 87 heavy (non-hydrogen) atoms. The Balaban J connectivity index is 0.0000258. The molecule has 3 aliphatic heterocycles. The Morgan fingerprint density at radius 2 is 0.816 bits per heavy atom. The van der Waals surface area contributed by atoms with Crippen LogP contribution in [0.4, 0.5) is 0 Å². The second-order valence-electron chi connectivity index (χ2n) is 22.6. The average molecular weight is 1250 g/mol. The van der Waals surface area contributed by atoms with Crippen molar-refractivity contribution in [2.45, 2.75) is 218 Å². The normalized spacial score (nSPS) is 27.7. The quantitative estimate of drug-likeness (QED) is 0.0274. The number of ketones is 4. The molecule has 7 unspecified atom stereocenters. The van der Waals surface area contributed by atoms with E-state index >= 15 is 0 Å². The highest BCUT2D eigenvalue weighted by Gasteiger charge is 2.45. The van der Waals surface area contributed by atoms with Gasteiger partial charge in [-0.3, -0.25) is 43.3 Å². The maximum absolute atomic E-state index is 14.2. The number of nitrogens with one attached hydrogen (secondary N) is 4. The molecule has 0 aliphatic carbocycles. The van der Waals surface area contributed by atoms with E-state index in [9.17, 15) is 84.3 Å². The van der Waals surface area contributed by atoms with E-state index in [0.29, 0.717) is 13.0 Å². The molecule has 0 spiro atoms. The van der Waals surface area contributed by atoms with Crippen molar-refractivity contribution in [1.29, 1.82) is 0 Å². The molecule has 0 aromatic heterocycles. The van der Waals surface area contributed by atoms with Gasteiger partial charge >= 0.3 is 0 Å². The Morgan fingerprint density at radius 1 is 0.448 bits per heavy atom. The third kappa shape index (κ3) is 28.7. The molecule has 16 atom stereocenters. The molecule has 0 radical (unpaired) electrons. The molecule has 504 valence electrons. The summed E-state index contributed by atoms with van der Waals surface area (Å²) in [4.78, 5) is 108. The Labute approximate surface area is 510 Å². The molecule has 0 saturated carbocycles. The van der Waals surface area contributed by atoms with E-state index in [1.54, 1.807) is 20.8 Å². The van der Waals surface area contributed by atoms with E-state index in [1.165, 1.54) is 4.90 Å². The lowest BCUT2D eigenvalue weighted by Gasteiger charge is -2.40. The van der Waals surface area contributed by atoms with Crippen molar-refractivity contribution in [3.8, 4) is 0 Å². The predicted molar refractivity (Wildman–Crippen MR) is 309 cm³/mol. The van der Waals surface area contributed by atoms with Gasteiger partial charge in [0.25, 0.3) is 0 Å². The summed E-state index contributed by atoms with van der Waals surface area (Å²) in [6.07, 6.45) is -13.3. The summed E-state index contributed by atoms with van der Waals surface area (Å²) in [5, 5.41) is 100. The average Bonchev–Trinajstić information content (AvgIpc) is 2.07. The number of nitrogens with zero attached hydrogens (tertiary/aromatic N) is 1. The molecule has 4 amide bonds. The number of rotatable bonds is 44. The van der Waals surface area contributed by atoms with Gasteiger partial charge in [0.2, 0.25) is 23.6 Å². The van der Waals surface area contributed by atoms with E-state index in [0.717, 1.165) is 0 Å². The molecule has 29 heteroatoms. The number of carbonyl (C=O) groups excluding carboxylic acids is 8.